The second kappa shape index (κ2) is 4.81. The quantitative estimate of drug-likeness (QED) is 0.486. The predicted octanol–water partition coefficient (Wildman–Crippen LogP) is 1.32. The van der Waals surface area contributed by atoms with E-state index in [2.05, 4.69) is 23.8 Å². The topological polar surface area (TPSA) is 75.6 Å². The molecule has 0 radical (unpaired) electrons. The largest absolute Gasteiger partial charge is 0.393 e. The molecule has 1 aliphatic heterocycles. The minimum Gasteiger partial charge on any atom is -0.393 e. The maximum Gasteiger partial charge on any atom is 0.315 e. The predicted molar refractivity (Wildman–Crippen MR) is 71.8 cm³/mol. The minimum absolute atomic E-state index is 0.0221. The number of nitro benzene ring substituents is 1. The number of para-hydroxylation sites is 1. The Labute approximate surface area is 106 Å². The maximum atomic E-state index is 11.1. The van der Waals surface area contributed by atoms with E-state index in [0.717, 1.165) is 19.6 Å². The highest BCUT2D eigenvalue weighted by molar-refractivity contribution is 5.75. The van der Waals surface area contributed by atoms with Gasteiger partial charge in [-0.15, -0.1) is 0 Å². The zero-order valence-corrected chi connectivity index (χ0v) is 10.7. The number of nitrogen functional groups attached to an aromatic ring is 1. The molecule has 1 unspecified atom stereocenters. The summed E-state index contributed by atoms with van der Waals surface area (Å²) in [6.45, 7) is 4.65. The van der Waals surface area contributed by atoms with E-state index in [-0.39, 0.29) is 17.4 Å². The van der Waals surface area contributed by atoms with Gasteiger partial charge in [-0.3, -0.25) is 10.1 Å². The van der Waals surface area contributed by atoms with Gasteiger partial charge in [0.05, 0.1) is 4.92 Å². The highest BCUT2D eigenvalue weighted by Crippen LogP contribution is 2.35. The number of nitro groups is 1. The molecule has 1 fully saturated rings. The van der Waals surface area contributed by atoms with E-state index in [9.17, 15) is 10.1 Å². The highest BCUT2D eigenvalue weighted by atomic mass is 16.6. The van der Waals surface area contributed by atoms with E-state index in [1.807, 2.05) is 0 Å². The standard InChI is InChI=1S/C12H18N4O2/c1-9-8-14(2)6-7-15(9)11-5-3-4-10(13)12(11)16(17)18/h3-5,9H,6-8,13H2,1-2H3. The van der Waals surface area contributed by atoms with Gasteiger partial charge in [-0.05, 0) is 26.1 Å². The third kappa shape index (κ3) is 2.24. The van der Waals surface area contributed by atoms with E-state index >= 15 is 0 Å². The van der Waals surface area contributed by atoms with Gasteiger partial charge in [0.2, 0.25) is 0 Å². The average molecular weight is 250 g/mol. The lowest BCUT2D eigenvalue weighted by Crippen LogP contribution is -2.50. The van der Waals surface area contributed by atoms with E-state index in [1.54, 1.807) is 18.2 Å². The number of piperazine rings is 1. The molecule has 0 amide bonds. The van der Waals surface area contributed by atoms with Crippen LogP contribution in [0, 0.1) is 10.1 Å². The smallest absolute Gasteiger partial charge is 0.315 e. The molecule has 1 saturated heterocycles. The van der Waals surface area contributed by atoms with Gasteiger partial charge >= 0.3 is 5.69 Å². The summed E-state index contributed by atoms with van der Waals surface area (Å²) in [7, 11) is 2.06. The number of hydrogen-bond acceptors (Lipinski definition) is 5. The molecule has 2 N–H and O–H groups in total. The lowest BCUT2D eigenvalue weighted by molar-refractivity contribution is -0.383. The van der Waals surface area contributed by atoms with Crippen molar-refractivity contribution in [2.24, 2.45) is 0 Å². The monoisotopic (exact) mass is 250 g/mol. The van der Waals surface area contributed by atoms with Crippen LogP contribution in [0.1, 0.15) is 6.92 Å². The van der Waals surface area contributed by atoms with Gasteiger partial charge in [0.25, 0.3) is 0 Å². The molecule has 0 spiro atoms. The first-order valence-electron chi connectivity index (χ1n) is 5.98. The van der Waals surface area contributed by atoms with Crippen LogP contribution in [-0.4, -0.2) is 42.5 Å². The van der Waals surface area contributed by atoms with Crippen LogP contribution in [0.5, 0.6) is 0 Å². The summed E-state index contributed by atoms with van der Waals surface area (Å²) in [6.07, 6.45) is 0. The molecule has 0 aliphatic carbocycles. The Bertz CT molecular complexity index is 463. The van der Waals surface area contributed by atoms with Crippen molar-refractivity contribution in [2.75, 3.05) is 37.3 Å². The molecule has 1 atom stereocenters. The van der Waals surface area contributed by atoms with Gasteiger partial charge in [-0.1, -0.05) is 6.07 Å². The normalized spacial score (nSPS) is 21.0. The molecule has 6 heteroatoms. The Balaban J connectivity index is 2.39. The van der Waals surface area contributed by atoms with Crippen LogP contribution >= 0.6 is 0 Å². The summed E-state index contributed by atoms with van der Waals surface area (Å²) in [5, 5.41) is 11.1. The molecule has 1 aliphatic rings. The summed E-state index contributed by atoms with van der Waals surface area (Å²) in [6, 6.07) is 5.35. The summed E-state index contributed by atoms with van der Waals surface area (Å²) in [5.41, 5.74) is 6.60. The third-order valence-electron chi connectivity index (χ3n) is 3.37. The molecule has 1 heterocycles. The van der Waals surface area contributed by atoms with Gasteiger partial charge < -0.3 is 15.5 Å². The van der Waals surface area contributed by atoms with Gasteiger partial charge in [0.15, 0.2) is 0 Å². The van der Waals surface area contributed by atoms with Crippen molar-refractivity contribution < 1.29 is 4.92 Å². The number of anilines is 2. The Morgan fingerprint density at radius 1 is 1.44 bits per heavy atom. The molecule has 6 nitrogen and oxygen atoms in total. The van der Waals surface area contributed by atoms with E-state index < -0.39 is 4.92 Å². The molecule has 0 aromatic heterocycles. The maximum absolute atomic E-state index is 11.1. The molecular weight excluding hydrogens is 232 g/mol. The molecule has 18 heavy (non-hydrogen) atoms. The van der Waals surface area contributed by atoms with Gasteiger partial charge in [0.1, 0.15) is 11.4 Å². The fourth-order valence-electron chi connectivity index (χ4n) is 2.48. The number of nitrogens with two attached hydrogens (primary N) is 1. The molecule has 98 valence electrons. The first-order chi connectivity index (χ1) is 8.50. The SMILES string of the molecule is CC1CN(C)CCN1c1cccc(N)c1[N+](=O)[O-]. The lowest BCUT2D eigenvalue weighted by Gasteiger charge is -2.39. The van der Waals surface area contributed by atoms with Crippen molar-refractivity contribution >= 4 is 17.1 Å². The van der Waals surface area contributed by atoms with Crippen LogP contribution in [0.2, 0.25) is 0 Å². The van der Waals surface area contributed by atoms with Gasteiger partial charge in [-0.2, -0.15) is 0 Å². The van der Waals surface area contributed by atoms with E-state index in [1.165, 1.54) is 0 Å². The molecule has 2 rings (SSSR count). The van der Waals surface area contributed by atoms with Crippen LogP contribution in [0.4, 0.5) is 17.1 Å². The lowest BCUT2D eigenvalue weighted by atomic mass is 10.1. The zero-order valence-electron chi connectivity index (χ0n) is 10.7. The van der Waals surface area contributed by atoms with Crippen molar-refractivity contribution in [3.8, 4) is 0 Å². The Kier molecular flexibility index (Phi) is 3.38. The van der Waals surface area contributed by atoms with Gasteiger partial charge in [-0.25, -0.2) is 0 Å². The van der Waals surface area contributed by atoms with Crippen LogP contribution < -0.4 is 10.6 Å². The van der Waals surface area contributed by atoms with Crippen LogP contribution in [0.3, 0.4) is 0 Å². The fourth-order valence-corrected chi connectivity index (χ4v) is 2.48. The molecule has 1 aromatic rings. The summed E-state index contributed by atoms with van der Waals surface area (Å²) >= 11 is 0. The number of likely N-dealkylation sites (N-methyl/N-ethyl adjacent to an activating group) is 1. The van der Waals surface area contributed by atoms with Crippen molar-refractivity contribution in [1.82, 2.24) is 4.90 Å². The minimum atomic E-state index is -0.393. The van der Waals surface area contributed by atoms with E-state index in [4.69, 9.17) is 5.73 Å². The number of nitrogens with zero attached hydrogens (tertiary/aromatic N) is 3. The second-order valence-electron chi connectivity index (χ2n) is 4.78. The molecule has 1 aromatic carbocycles. The highest BCUT2D eigenvalue weighted by Gasteiger charge is 2.28. The third-order valence-corrected chi connectivity index (χ3v) is 3.37. The number of benzene rings is 1. The van der Waals surface area contributed by atoms with Crippen LogP contribution in [-0.2, 0) is 0 Å². The second-order valence-corrected chi connectivity index (χ2v) is 4.78. The first kappa shape index (κ1) is 12.6. The van der Waals surface area contributed by atoms with Gasteiger partial charge in [0, 0.05) is 25.7 Å². The van der Waals surface area contributed by atoms with Crippen molar-refractivity contribution in [2.45, 2.75) is 13.0 Å². The Morgan fingerprint density at radius 3 is 2.78 bits per heavy atom. The Hall–Kier alpha value is -1.82. The van der Waals surface area contributed by atoms with Crippen LogP contribution in [0.25, 0.3) is 0 Å². The summed E-state index contributed by atoms with van der Waals surface area (Å²) in [4.78, 5) is 15.0. The molecular formula is C12H18N4O2. The number of hydrogen-bond donors (Lipinski definition) is 1. The Morgan fingerprint density at radius 2 is 2.17 bits per heavy atom. The van der Waals surface area contributed by atoms with Crippen LogP contribution in [0.15, 0.2) is 18.2 Å². The summed E-state index contributed by atoms with van der Waals surface area (Å²) in [5.74, 6) is 0. The fraction of sp³-hybridized carbons (Fsp3) is 0.500. The molecule has 0 saturated carbocycles. The van der Waals surface area contributed by atoms with Crippen molar-refractivity contribution in [1.29, 1.82) is 0 Å². The first-order valence-corrected chi connectivity index (χ1v) is 5.98. The molecule has 0 bridgehead atoms. The van der Waals surface area contributed by atoms with Crippen molar-refractivity contribution in [3.63, 3.8) is 0 Å². The zero-order chi connectivity index (χ0) is 13.3. The van der Waals surface area contributed by atoms with Crippen molar-refractivity contribution in [3.05, 3.63) is 28.3 Å². The summed E-state index contributed by atoms with van der Waals surface area (Å²) < 4.78 is 0. The number of rotatable bonds is 2. The van der Waals surface area contributed by atoms with E-state index in [0.29, 0.717) is 5.69 Å². The average Bonchev–Trinajstić information content (AvgIpc) is 2.28.